The van der Waals surface area contributed by atoms with E-state index in [4.69, 9.17) is 9.47 Å². The number of hydrogen-bond donors (Lipinski definition) is 1. The minimum atomic E-state index is -0.778. The Balaban J connectivity index is 1.43. The quantitative estimate of drug-likeness (QED) is 0.860. The largest absolute Gasteiger partial charge is 0.486 e. The van der Waals surface area contributed by atoms with Crippen molar-refractivity contribution in [2.75, 3.05) is 26.3 Å². The lowest BCUT2D eigenvalue weighted by molar-refractivity contribution is -0.140. The van der Waals surface area contributed by atoms with Gasteiger partial charge in [-0.1, -0.05) is 6.07 Å². The molecule has 1 saturated heterocycles. The van der Waals surface area contributed by atoms with Crippen LogP contribution in [0.2, 0.25) is 0 Å². The van der Waals surface area contributed by atoms with Gasteiger partial charge in [0.2, 0.25) is 5.91 Å². The number of carbonyl (C=O) groups excluding carboxylic acids is 1. The molecule has 0 radical (unpaired) electrons. The van der Waals surface area contributed by atoms with Gasteiger partial charge in [-0.3, -0.25) is 9.78 Å². The first-order valence-corrected chi connectivity index (χ1v) is 10.2. The van der Waals surface area contributed by atoms with Gasteiger partial charge in [-0.15, -0.1) is 0 Å². The Morgan fingerprint density at radius 3 is 2.45 bits per heavy atom. The van der Waals surface area contributed by atoms with Crippen LogP contribution in [0.1, 0.15) is 37.8 Å². The summed E-state index contributed by atoms with van der Waals surface area (Å²) in [6.45, 7) is 6.05. The number of benzene rings is 1. The van der Waals surface area contributed by atoms with E-state index < -0.39 is 11.0 Å². The molecule has 1 amide bonds. The highest BCUT2D eigenvalue weighted by Crippen LogP contribution is 2.37. The van der Waals surface area contributed by atoms with Crippen LogP contribution in [-0.4, -0.2) is 52.8 Å². The summed E-state index contributed by atoms with van der Waals surface area (Å²) in [7, 11) is 0. The van der Waals surface area contributed by atoms with E-state index in [0.29, 0.717) is 51.3 Å². The van der Waals surface area contributed by atoms with Gasteiger partial charge in [0.15, 0.2) is 11.5 Å². The van der Waals surface area contributed by atoms with E-state index in [0.717, 1.165) is 16.9 Å². The number of ether oxygens (including phenoxy) is 2. The van der Waals surface area contributed by atoms with Gasteiger partial charge in [0.25, 0.3) is 0 Å². The third kappa shape index (κ3) is 4.08. The van der Waals surface area contributed by atoms with Gasteiger partial charge in [-0.05, 0) is 62.1 Å². The Kier molecular flexibility index (Phi) is 5.21. The number of fused-ring (bicyclic) bond motifs is 1. The van der Waals surface area contributed by atoms with Gasteiger partial charge in [-0.2, -0.15) is 0 Å². The van der Waals surface area contributed by atoms with Gasteiger partial charge in [0, 0.05) is 31.9 Å². The molecule has 3 heterocycles. The molecule has 154 valence electrons. The molecule has 2 aromatic rings. The van der Waals surface area contributed by atoms with E-state index in [-0.39, 0.29) is 5.91 Å². The van der Waals surface area contributed by atoms with Crippen molar-refractivity contribution < 1.29 is 19.4 Å². The molecule has 0 bridgehead atoms. The van der Waals surface area contributed by atoms with Crippen molar-refractivity contribution in [3.8, 4) is 11.5 Å². The van der Waals surface area contributed by atoms with Crippen molar-refractivity contribution in [2.45, 2.75) is 44.1 Å². The Morgan fingerprint density at radius 1 is 1.10 bits per heavy atom. The first-order chi connectivity index (χ1) is 13.9. The molecule has 1 N–H and O–H groups in total. The molecule has 1 fully saturated rings. The lowest BCUT2D eigenvalue weighted by atomic mass is 9.80. The van der Waals surface area contributed by atoms with Crippen LogP contribution in [0.3, 0.4) is 0 Å². The van der Waals surface area contributed by atoms with Crippen LogP contribution in [0.4, 0.5) is 0 Å². The maximum absolute atomic E-state index is 13.3. The Labute approximate surface area is 171 Å². The highest BCUT2D eigenvalue weighted by atomic mass is 16.6. The molecule has 2 aliphatic rings. The number of likely N-dealkylation sites (tertiary alicyclic amines) is 1. The summed E-state index contributed by atoms with van der Waals surface area (Å²) in [4.78, 5) is 19.2. The Hall–Kier alpha value is -2.60. The molecule has 0 unspecified atom stereocenters. The number of aliphatic hydroxyl groups is 1. The fourth-order valence-corrected chi connectivity index (χ4v) is 4.13. The highest BCUT2D eigenvalue weighted by Gasteiger charge is 2.39. The number of carbonyl (C=O) groups is 1. The van der Waals surface area contributed by atoms with Crippen LogP contribution in [0, 0.1) is 0 Å². The van der Waals surface area contributed by atoms with E-state index in [1.165, 1.54) is 0 Å². The molecular weight excluding hydrogens is 368 g/mol. The molecule has 0 spiro atoms. The Morgan fingerprint density at radius 2 is 1.76 bits per heavy atom. The summed E-state index contributed by atoms with van der Waals surface area (Å²) in [6.07, 6.45) is 5.21. The molecule has 29 heavy (non-hydrogen) atoms. The second kappa shape index (κ2) is 7.67. The normalized spacial score (nSPS) is 18.4. The first kappa shape index (κ1) is 19.7. The van der Waals surface area contributed by atoms with Gasteiger partial charge >= 0.3 is 0 Å². The van der Waals surface area contributed by atoms with Crippen molar-refractivity contribution in [3.63, 3.8) is 0 Å². The summed E-state index contributed by atoms with van der Waals surface area (Å²) < 4.78 is 11.3. The molecule has 0 saturated carbocycles. The molecule has 2 aliphatic heterocycles. The van der Waals surface area contributed by atoms with Crippen molar-refractivity contribution >= 4 is 5.91 Å². The SMILES string of the molecule is CC(C)(C(=O)N1CCC(O)(Cc2ccncc2)CC1)c1ccc2c(c1)OCCO2. The topological polar surface area (TPSA) is 71.9 Å². The van der Waals surface area contributed by atoms with E-state index in [1.54, 1.807) is 12.4 Å². The average molecular weight is 396 g/mol. The highest BCUT2D eigenvalue weighted by molar-refractivity contribution is 5.87. The summed E-state index contributed by atoms with van der Waals surface area (Å²) in [6, 6.07) is 9.59. The van der Waals surface area contributed by atoms with Crippen molar-refractivity contribution in [2.24, 2.45) is 0 Å². The zero-order valence-electron chi connectivity index (χ0n) is 17.1. The number of aromatic nitrogens is 1. The van der Waals surface area contributed by atoms with E-state index in [2.05, 4.69) is 4.98 Å². The molecule has 6 heteroatoms. The third-order valence-electron chi connectivity index (χ3n) is 6.06. The molecule has 4 rings (SSSR count). The second-order valence-corrected chi connectivity index (χ2v) is 8.53. The number of piperidine rings is 1. The zero-order valence-corrected chi connectivity index (χ0v) is 17.1. The predicted octanol–water partition coefficient (Wildman–Crippen LogP) is 2.73. The summed E-state index contributed by atoms with van der Waals surface area (Å²) in [5.74, 6) is 1.49. The van der Waals surface area contributed by atoms with E-state index >= 15 is 0 Å². The smallest absolute Gasteiger partial charge is 0.232 e. The minimum Gasteiger partial charge on any atom is -0.486 e. The Bertz CT molecular complexity index is 874. The van der Waals surface area contributed by atoms with Crippen LogP contribution in [0.15, 0.2) is 42.7 Å². The first-order valence-electron chi connectivity index (χ1n) is 10.2. The zero-order chi connectivity index (χ0) is 20.5. The maximum Gasteiger partial charge on any atom is 0.232 e. The standard InChI is InChI=1S/C23H28N2O4/c1-22(2,18-3-4-19-20(15-18)29-14-13-28-19)21(26)25-11-7-23(27,8-12-25)16-17-5-9-24-10-6-17/h3-6,9-10,15,27H,7-8,11-14,16H2,1-2H3. The molecule has 6 nitrogen and oxygen atoms in total. The molecule has 0 atom stereocenters. The maximum atomic E-state index is 13.3. The van der Waals surface area contributed by atoms with Crippen molar-refractivity contribution in [1.29, 1.82) is 0 Å². The lowest BCUT2D eigenvalue weighted by Gasteiger charge is -2.41. The van der Waals surface area contributed by atoms with E-state index in [9.17, 15) is 9.90 Å². The number of rotatable bonds is 4. The van der Waals surface area contributed by atoms with E-state index in [1.807, 2.05) is 49.1 Å². The minimum absolute atomic E-state index is 0.0696. The van der Waals surface area contributed by atoms with Crippen LogP contribution in [-0.2, 0) is 16.6 Å². The summed E-state index contributed by atoms with van der Waals surface area (Å²) in [5, 5.41) is 11.0. The van der Waals surface area contributed by atoms with Crippen molar-refractivity contribution in [1.82, 2.24) is 9.88 Å². The van der Waals surface area contributed by atoms with Crippen LogP contribution in [0.25, 0.3) is 0 Å². The molecule has 0 aliphatic carbocycles. The second-order valence-electron chi connectivity index (χ2n) is 8.53. The summed E-state index contributed by atoms with van der Waals surface area (Å²) >= 11 is 0. The fourth-order valence-electron chi connectivity index (χ4n) is 4.13. The van der Waals surface area contributed by atoms with Crippen LogP contribution >= 0.6 is 0 Å². The molecular formula is C23H28N2O4. The average Bonchev–Trinajstić information content (AvgIpc) is 2.74. The van der Waals surface area contributed by atoms with Gasteiger partial charge in [0.1, 0.15) is 13.2 Å². The third-order valence-corrected chi connectivity index (χ3v) is 6.06. The number of amides is 1. The van der Waals surface area contributed by atoms with Crippen LogP contribution < -0.4 is 9.47 Å². The predicted molar refractivity (Wildman–Crippen MR) is 109 cm³/mol. The van der Waals surface area contributed by atoms with Crippen molar-refractivity contribution in [3.05, 3.63) is 53.9 Å². The lowest BCUT2D eigenvalue weighted by Crippen LogP contribution is -2.52. The number of nitrogens with zero attached hydrogens (tertiary/aromatic N) is 2. The summed E-state index contributed by atoms with van der Waals surface area (Å²) in [5.41, 5.74) is 0.513. The van der Waals surface area contributed by atoms with Gasteiger partial charge in [-0.25, -0.2) is 0 Å². The monoisotopic (exact) mass is 396 g/mol. The molecule has 1 aromatic heterocycles. The molecule has 1 aromatic carbocycles. The van der Waals surface area contributed by atoms with Gasteiger partial charge in [0.05, 0.1) is 11.0 Å². The fraction of sp³-hybridized carbons (Fsp3) is 0.478. The van der Waals surface area contributed by atoms with Crippen LogP contribution in [0.5, 0.6) is 11.5 Å². The number of pyridine rings is 1. The van der Waals surface area contributed by atoms with Gasteiger partial charge < -0.3 is 19.5 Å². The number of hydrogen-bond acceptors (Lipinski definition) is 5.